The largest absolute Gasteiger partial charge is 0.481 e. The molecule has 0 saturated heterocycles. The molecule has 0 rings (SSSR count). The van der Waals surface area contributed by atoms with Crippen molar-refractivity contribution in [1.82, 2.24) is 0 Å². The second-order valence-corrected chi connectivity index (χ2v) is 3.39. The summed E-state index contributed by atoms with van der Waals surface area (Å²) in [6, 6.07) is 0. The van der Waals surface area contributed by atoms with Gasteiger partial charge in [-0.05, 0) is 12.8 Å². The van der Waals surface area contributed by atoms with Crippen LogP contribution >= 0.6 is 0 Å². The molecule has 0 bridgehead atoms. The number of halogens is 2. The van der Waals surface area contributed by atoms with E-state index in [-0.39, 0.29) is 19.3 Å². The van der Waals surface area contributed by atoms with Gasteiger partial charge in [0.2, 0.25) is 0 Å². The smallest absolute Gasteiger partial charge is 0.306 e. The molecule has 0 aliphatic carbocycles. The van der Waals surface area contributed by atoms with Crippen molar-refractivity contribution in [3.05, 3.63) is 0 Å². The fraction of sp³-hybridized carbons (Fsp3) is 0.889. The van der Waals surface area contributed by atoms with Gasteiger partial charge in [-0.25, -0.2) is 4.39 Å². The minimum Gasteiger partial charge on any atom is -0.481 e. The molecule has 2 atom stereocenters. The molecular weight excluding hydrogens is 178 g/mol. The van der Waals surface area contributed by atoms with Crippen molar-refractivity contribution in [3.63, 3.8) is 0 Å². The van der Waals surface area contributed by atoms with Crippen molar-refractivity contribution >= 4 is 5.97 Å². The summed E-state index contributed by atoms with van der Waals surface area (Å²) in [6.07, 6.45) is -0.154. The fourth-order valence-corrected chi connectivity index (χ4v) is 1.23. The molecule has 1 N–H and O–H groups in total. The zero-order valence-corrected chi connectivity index (χ0v) is 8.02. The van der Waals surface area contributed by atoms with Crippen LogP contribution in [0.1, 0.15) is 33.1 Å². The highest BCUT2D eigenvalue weighted by Gasteiger charge is 2.31. The molecule has 0 heterocycles. The number of carboxylic acid groups (broad SMARTS) is 1. The second kappa shape index (κ2) is 5.14. The molecule has 2 nitrogen and oxygen atoms in total. The van der Waals surface area contributed by atoms with Gasteiger partial charge in [-0.3, -0.25) is 9.18 Å². The van der Waals surface area contributed by atoms with E-state index in [2.05, 4.69) is 0 Å². The molecule has 0 aromatic carbocycles. The van der Waals surface area contributed by atoms with Gasteiger partial charge < -0.3 is 5.11 Å². The van der Waals surface area contributed by atoms with Crippen LogP contribution in [0.25, 0.3) is 0 Å². The van der Waals surface area contributed by atoms with E-state index in [1.807, 2.05) is 0 Å². The number of alkyl halides is 2. The fourth-order valence-electron chi connectivity index (χ4n) is 1.23. The van der Waals surface area contributed by atoms with E-state index < -0.39 is 24.2 Å². The first kappa shape index (κ1) is 12.3. The first-order valence-corrected chi connectivity index (χ1v) is 4.43. The number of hydrogen-bond donors (Lipinski definition) is 1. The Morgan fingerprint density at radius 2 is 2.15 bits per heavy atom. The summed E-state index contributed by atoms with van der Waals surface area (Å²) in [5, 5.41) is 8.55. The maximum Gasteiger partial charge on any atom is 0.306 e. The lowest BCUT2D eigenvalue weighted by Gasteiger charge is -2.24. The molecule has 0 amide bonds. The Morgan fingerprint density at radius 3 is 2.46 bits per heavy atom. The summed E-state index contributed by atoms with van der Waals surface area (Å²) in [6.45, 7) is 2.30. The molecule has 0 saturated carbocycles. The van der Waals surface area contributed by atoms with Gasteiger partial charge in [0.15, 0.2) is 0 Å². The maximum atomic E-state index is 13.6. The molecule has 13 heavy (non-hydrogen) atoms. The van der Waals surface area contributed by atoms with Gasteiger partial charge >= 0.3 is 5.97 Å². The Kier molecular flexibility index (Phi) is 4.88. The number of hydrogen-bond acceptors (Lipinski definition) is 1. The van der Waals surface area contributed by atoms with E-state index in [1.54, 1.807) is 6.92 Å². The van der Waals surface area contributed by atoms with Crippen molar-refractivity contribution in [2.24, 2.45) is 5.92 Å². The molecule has 0 aliphatic rings. The highest BCUT2D eigenvalue weighted by Crippen LogP contribution is 2.29. The Bertz CT molecular complexity index is 173. The Morgan fingerprint density at radius 1 is 1.62 bits per heavy atom. The highest BCUT2D eigenvalue weighted by molar-refractivity contribution is 5.69. The lowest BCUT2D eigenvalue weighted by Crippen LogP contribution is -2.28. The first-order valence-electron chi connectivity index (χ1n) is 4.43. The Hall–Kier alpha value is -0.670. The van der Waals surface area contributed by atoms with Crippen LogP contribution in [0.15, 0.2) is 0 Å². The summed E-state index contributed by atoms with van der Waals surface area (Å²) in [4.78, 5) is 10.4. The third kappa shape index (κ3) is 4.20. The molecular formula is C9H16F2O2. The minimum absolute atomic E-state index is 0.108. The van der Waals surface area contributed by atoms with Crippen LogP contribution in [0.2, 0.25) is 0 Å². The SMILES string of the molecule is CCC(F)(CCF)CC(C)C(=O)O. The van der Waals surface area contributed by atoms with Crippen molar-refractivity contribution in [3.8, 4) is 0 Å². The number of carbonyl (C=O) groups is 1. The van der Waals surface area contributed by atoms with Crippen molar-refractivity contribution < 1.29 is 18.7 Å². The van der Waals surface area contributed by atoms with E-state index in [1.165, 1.54) is 6.92 Å². The van der Waals surface area contributed by atoms with Crippen molar-refractivity contribution in [2.45, 2.75) is 38.8 Å². The quantitative estimate of drug-likeness (QED) is 0.705. The summed E-state index contributed by atoms with van der Waals surface area (Å²) in [7, 11) is 0. The molecule has 0 spiro atoms. The van der Waals surface area contributed by atoms with Gasteiger partial charge in [-0.15, -0.1) is 0 Å². The average molecular weight is 194 g/mol. The van der Waals surface area contributed by atoms with Crippen LogP contribution in [0.5, 0.6) is 0 Å². The predicted octanol–water partition coefficient (Wildman–Crippen LogP) is 2.58. The standard InChI is InChI=1S/C9H16F2O2/c1-3-9(11,4-5-10)6-7(2)8(12)13/h7H,3-6H2,1-2H3,(H,12,13). The second-order valence-electron chi connectivity index (χ2n) is 3.39. The van der Waals surface area contributed by atoms with E-state index in [9.17, 15) is 13.6 Å². The van der Waals surface area contributed by atoms with Gasteiger partial charge in [0.1, 0.15) is 5.67 Å². The van der Waals surface area contributed by atoms with Gasteiger partial charge in [0.05, 0.1) is 12.6 Å². The average Bonchev–Trinajstić information content (AvgIpc) is 2.04. The lowest BCUT2D eigenvalue weighted by atomic mass is 9.88. The zero-order chi connectivity index (χ0) is 10.5. The van der Waals surface area contributed by atoms with Crippen LogP contribution in [0.4, 0.5) is 8.78 Å². The summed E-state index contributed by atoms with van der Waals surface area (Å²) in [5.41, 5.74) is -1.66. The normalized spacial score (nSPS) is 17.8. The molecule has 4 heteroatoms. The molecule has 0 radical (unpaired) electrons. The lowest BCUT2D eigenvalue weighted by molar-refractivity contribution is -0.142. The number of aliphatic carboxylic acids is 1. The van der Waals surface area contributed by atoms with Crippen LogP contribution in [0, 0.1) is 5.92 Å². The summed E-state index contributed by atoms with van der Waals surface area (Å²) < 4.78 is 25.6. The van der Waals surface area contributed by atoms with Crippen molar-refractivity contribution in [1.29, 1.82) is 0 Å². The van der Waals surface area contributed by atoms with Gasteiger partial charge in [-0.1, -0.05) is 13.8 Å². The van der Waals surface area contributed by atoms with Crippen LogP contribution < -0.4 is 0 Å². The van der Waals surface area contributed by atoms with E-state index in [0.29, 0.717) is 0 Å². The topological polar surface area (TPSA) is 37.3 Å². The van der Waals surface area contributed by atoms with Crippen LogP contribution in [-0.2, 0) is 4.79 Å². The number of rotatable bonds is 6. The summed E-state index contributed by atoms with van der Waals surface area (Å²) >= 11 is 0. The zero-order valence-electron chi connectivity index (χ0n) is 8.02. The Balaban J connectivity index is 4.17. The maximum absolute atomic E-state index is 13.6. The third-order valence-corrected chi connectivity index (χ3v) is 2.27. The van der Waals surface area contributed by atoms with Gasteiger partial charge in [-0.2, -0.15) is 0 Å². The van der Waals surface area contributed by atoms with Crippen molar-refractivity contribution in [2.75, 3.05) is 6.67 Å². The molecule has 2 unspecified atom stereocenters. The highest BCUT2D eigenvalue weighted by atomic mass is 19.1. The molecule has 0 fully saturated rings. The van der Waals surface area contributed by atoms with E-state index >= 15 is 0 Å². The van der Waals surface area contributed by atoms with Gasteiger partial charge in [0.25, 0.3) is 0 Å². The van der Waals surface area contributed by atoms with E-state index in [4.69, 9.17) is 5.11 Å². The van der Waals surface area contributed by atoms with Crippen LogP contribution in [-0.4, -0.2) is 23.4 Å². The molecule has 0 aromatic heterocycles. The predicted molar refractivity (Wildman–Crippen MR) is 46.1 cm³/mol. The number of carboxylic acids is 1. The summed E-state index contributed by atoms with van der Waals surface area (Å²) in [5.74, 6) is -1.79. The van der Waals surface area contributed by atoms with Crippen LogP contribution in [0.3, 0.4) is 0 Å². The van der Waals surface area contributed by atoms with E-state index in [0.717, 1.165) is 0 Å². The minimum atomic E-state index is -1.66. The third-order valence-electron chi connectivity index (χ3n) is 2.27. The molecule has 0 aliphatic heterocycles. The first-order chi connectivity index (χ1) is 5.95. The monoisotopic (exact) mass is 194 g/mol. The molecule has 0 aromatic rings. The molecule has 78 valence electrons. The Labute approximate surface area is 76.9 Å². The van der Waals surface area contributed by atoms with Gasteiger partial charge in [0, 0.05) is 6.42 Å².